The summed E-state index contributed by atoms with van der Waals surface area (Å²) in [6.07, 6.45) is 8.13. The van der Waals surface area contributed by atoms with Gasteiger partial charge in [-0.1, -0.05) is 42.0 Å². The molecule has 2 radical (unpaired) electrons. The third-order valence-corrected chi connectivity index (χ3v) is 5.99. The number of aromatic amines is 1. The molecule has 0 saturated heterocycles. The van der Waals surface area contributed by atoms with Crippen LogP contribution in [0.3, 0.4) is 0 Å². The van der Waals surface area contributed by atoms with Crippen LogP contribution in [0.4, 0.5) is 5.82 Å². The molecule has 7 nitrogen and oxygen atoms in total. The third-order valence-electron chi connectivity index (χ3n) is 5.60. The summed E-state index contributed by atoms with van der Waals surface area (Å²) in [4.78, 5) is 20.3. The molecule has 0 unspecified atom stereocenters. The van der Waals surface area contributed by atoms with E-state index < -0.39 is 0 Å². The van der Waals surface area contributed by atoms with Gasteiger partial charge < -0.3 is 15.6 Å². The molecule has 9 heteroatoms. The van der Waals surface area contributed by atoms with Gasteiger partial charge in [-0.25, -0.2) is 4.98 Å². The second kappa shape index (κ2) is 9.15. The highest BCUT2D eigenvalue weighted by atomic mass is 35.5. The Labute approximate surface area is 197 Å². The van der Waals surface area contributed by atoms with Crippen molar-refractivity contribution in [1.29, 1.82) is 0 Å². The van der Waals surface area contributed by atoms with Crippen LogP contribution >= 0.6 is 11.6 Å². The number of amides is 1. The van der Waals surface area contributed by atoms with E-state index in [1.54, 1.807) is 10.7 Å². The number of aromatic nitrogens is 4. The van der Waals surface area contributed by atoms with Crippen LogP contribution in [0.25, 0.3) is 22.1 Å². The van der Waals surface area contributed by atoms with E-state index in [-0.39, 0.29) is 5.91 Å². The first-order valence-corrected chi connectivity index (χ1v) is 11.3. The smallest absolute Gasteiger partial charge is 0.267 e. The lowest BCUT2D eigenvalue weighted by atomic mass is 10.00. The number of halogens is 1. The van der Waals surface area contributed by atoms with Crippen molar-refractivity contribution in [3.63, 3.8) is 0 Å². The molecule has 3 heterocycles. The van der Waals surface area contributed by atoms with Gasteiger partial charge >= 0.3 is 0 Å². The van der Waals surface area contributed by atoms with Crippen LogP contribution in [0.15, 0.2) is 59.8 Å². The SMILES string of the molecule is [B]c1cnn2c(NCCCNC(=O)c3cc4ccccc4[nH]3)cc(C3=C(Cl)CCC=C3)nc12. The Kier molecular flexibility index (Phi) is 5.92. The fraction of sp³-hybridized carbons (Fsp3) is 0.208. The highest BCUT2D eigenvalue weighted by Gasteiger charge is 2.15. The highest BCUT2D eigenvalue weighted by molar-refractivity contribution is 6.36. The van der Waals surface area contributed by atoms with E-state index in [2.05, 4.69) is 31.8 Å². The molecule has 1 amide bonds. The normalized spacial score (nSPS) is 13.7. The van der Waals surface area contributed by atoms with Crippen LogP contribution in [0.1, 0.15) is 35.4 Å². The molecule has 164 valence electrons. The van der Waals surface area contributed by atoms with Gasteiger partial charge in [-0.05, 0) is 36.9 Å². The largest absolute Gasteiger partial charge is 0.370 e. The van der Waals surface area contributed by atoms with Crippen LogP contribution < -0.4 is 16.1 Å². The van der Waals surface area contributed by atoms with Crippen molar-refractivity contribution < 1.29 is 4.79 Å². The Morgan fingerprint density at radius 1 is 1.24 bits per heavy atom. The first-order chi connectivity index (χ1) is 16.1. The molecule has 0 atom stereocenters. The van der Waals surface area contributed by atoms with Crippen molar-refractivity contribution in [3.8, 4) is 0 Å². The number of fused-ring (bicyclic) bond motifs is 2. The fourth-order valence-electron chi connectivity index (χ4n) is 3.90. The minimum absolute atomic E-state index is 0.120. The van der Waals surface area contributed by atoms with Gasteiger partial charge in [0.25, 0.3) is 5.91 Å². The summed E-state index contributed by atoms with van der Waals surface area (Å²) in [6.45, 7) is 1.16. The monoisotopic (exact) mass is 456 g/mol. The quantitative estimate of drug-likeness (QED) is 0.293. The summed E-state index contributed by atoms with van der Waals surface area (Å²) in [5, 5.41) is 12.5. The van der Waals surface area contributed by atoms with Crippen molar-refractivity contribution in [2.75, 3.05) is 18.4 Å². The zero-order valence-corrected chi connectivity index (χ0v) is 18.7. The number of nitrogens with zero attached hydrogens (tertiary/aromatic N) is 3. The number of nitrogens with one attached hydrogen (secondary N) is 3. The fourth-order valence-corrected chi connectivity index (χ4v) is 4.17. The number of rotatable bonds is 7. The lowest BCUT2D eigenvalue weighted by Gasteiger charge is -2.14. The summed E-state index contributed by atoms with van der Waals surface area (Å²) in [7, 11) is 6.08. The molecule has 0 aliphatic heterocycles. The molecule has 4 aromatic rings. The average Bonchev–Trinajstić information content (AvgIpc) is 3.43. The summed E-state index contributed by atoms with van der Waals surface area (Å²) in [5.41, 5.74) is 4.25. The first kappa shape index (κ1) is 21.3. The molecule has 0 spiro atoms. The van der Waals surface area contributed by atoms with E-state index in [9.17, 15) is 4.79 Å². The Morgan fingerprint density at radius 3 is 2.97 bits per heavy atom. The highest BCUT2D eigenvalue weighted by Crippen LogP contribution is 2.30. The van der Waals surface area contributed by atoms with Crippen LogP contribution in [0.5, 0.6) is 0 Å². The van der Waals surface area contributed by atoms with Crippen molar-refractivity contribution in [1.82, 2.24) is 24.9 Å². The van der Waals surface area contributed by atoms with Gasteiger partial charge in [0.05, 0.1) is 5.69 Å². The number of hydrogen-bond acceptors (Lipinski definition) is 4. The summed E-state index contributed by atoms with van der Waals surface area (Å²) < 4.78 is 1.68. The van der Waals surface area contributed by atoms with Gasteiger partial charge in [-0.15, -0.1) is 0 Å². The Morgan fingerprint density at radius 2 is 2.12 bits per heavy atom. The van der Waals surface area contributed by atoms with E-state index in [4.69, 9.17) is 19.4 Å². The molecular formula is C24H22BClN6O. The van der Waals surface area contributed by atoms with E-state index >= 15 is 0 Å². The molecule has 5 rings (SSSR count). The predicted octanol–water partition coefficient (Wildman–Crippen LogP) is 3.54. The molecule has 33 heavy (non-hydrogen) atoms. The lowest BCUT2D eigenvalue weighted by Crippen LogP contribution is -2.26. The number of allylic oxidation sites excluding steroid dienone is 4. The average molecular weight is 457 g/mol. The van der Waals surface area contributed by atoms with Crippen LogP contribution in [0, 0.1) is 0 Å². The molecule has 3 aromatic heterocycles. The Hall–Kier alpha value is -3.52. The van der Waals surface area contributed by atoms with Crippen LogP contribution in [-0.4, -0.2) is 46.4 Å². The van der Waals surface area contributed by atoms with Crippen molar-refractivity contribution in [3.05, 3.63) is 71.2 Å². The van der Waals surface area contributed by atoms with Gasteiger partial charge in [0.15, 0.2) is 5.65 Å². The maximum Gasteiger partial charge on any atom is 0.267 e. The number of carbonyl (C=O) groups is 1. The van der Waals surface area contributed by atoms with Gasteiger partial charge in [-0.2, -0.15) is 9.61 Å². The second-order valence-corrected chi connectivity index (χ2v) is 8.38. The first-order valence-electron chi connectivity index (χ1n) is 10.9. The zero-order valence-electron chi connectivity index (χ0n) is 17.9. The van der Waals surface area contributed by atoms with E-state index in [1.807, 2.05) is 42.5 Å². The maximum absolute atomic E-state index is 12.5. The lowest BCUT2D eigenvalue weighted by molar-refractivity contribution is 0.0949. The number of carbonyl (C=O) groups excluding carboxylic acids is 1. The van der Waals surface area contributed by atoms with Crippen molar-refractivity contribution >= 4 is 58.8 Å². The zero-order chi connectivity index (χ0) is 22.8. The molecule has 0 saturated carbocycles. The van der Waals surface area contributed by atoms with Gasteiger partial charge in [0.2, 0.25) is 0 Å². The van der Waals surface area contributed by atoms with Crippen molar-refractivity contribution in [2.45, 2.75) is 19.3 Å². The minimum Gasteiger partial charge on any atom is -0.370 e. The minimum atomic E-state index is -0.120. The van der Waals surface area contributed by atoms with Gasteiger partial charge in [-0.3, -0.25) is 4.79 Å². The Bertz CT molecular complexity index is 1370. The molecule has 3 N–H and O–H groups in total. The summed E-state index contributed by atoms with van der Waals surface area (Å²) in [5.74, 6) is 0.648. The molecular weight excluding hydrogens is 435 g/mol. The van der Waals surface area contributed by atoms with E-state index in [0.717, 1.165) is 52.3 Å². The third kappa shape index (κ3) is 4.39. The topological polar surface area (TPSA) is 87.1 Å². The molecule has 1 aromatic carbocycles. The maximum atomic E-state index is 12.5. The van der Waals surface area contributed by atoms with E-state index in [0.29, 0.717) is 29.9 Å². The molecule has 1 aliphatic rings. The summed E-state index contributed by atoms with van der Waals surface area (Å²) in [6, 6.07) is 11.6. The van der Waals surface area contributed by atoms with Gasteiger partial charge in [0.1, 0.15) is 19.4 Å². The van der Waals surface area contributed by atoms with Crippen molar-refractivity contribution in [2.24, 2.45) is 0 Å². The molecule has 0 bridgehead atoms. The number of anilines is 1. The van der Waals surface area contributed by atoms with Crippen LogP contribution in [-0.2, 0) is 0 Å². The molecule has 0 fully saturated rings. The Balaban J connectivity index is 1.24. The second-order valence-electron chi connectivity index (χ2n) is 7.93. The van der Waals surface area contributed by atoms with Crippen LogP contribution in [0.2, 0.25) is 0 Å². The van der Waals surface area contributed by atoms with E-state index in [1.165, 1.54) is 0 Å². The number of benzene rings is 1. The summed E-state index contributed by atoms with van der Waals surface area (Å²) >= 11 is 6.46. The number of para-hydroxylation sites is 1. The standard InChI is InChI=1S/C24H22BClN6O/c25-17-14-29-32-22(13-20(31-23(17)32)16-7-2-3-8-18(16)26)27-10-5-11-28-24(33)21-12-15-6-1-4-9-19(15)30-21/h1-2,4,6-7,9,12-14,27,30H,3,5,8,10-11H2,(H,28,33). The predicted molar refractivity (Wildman–Crippen MR) is 133 cm³/mol. The number of H-pyrrole nitrogens is 1. The van der Waals surface area contributed by atoms with Gasteiger partial charge in [0, 0.05) is 46.9 Å². The number of hydrogen-bond donors (Lipinski definition) is 3. The molecule has 1 aliphatic carbocycles.